The van der Waals surface area contributed by atoms with Gasteiger partial charge in [-0.2, -0.15) is 5.10 Å². The van der Waals surface area contributed by atoms with Crippen LogP contribution in [0.3, 0.4) is 0 Å². The van der Waals surface area contributed by atoms with E-state index >= 15 is 0 Å². The Morgan fingerprint density at radius 3 is 2.55 bits per heavy atom. The second kappa shape index (κ2) is 9.53. The highest BCUT2D eigenvalue weighted by Crippen LogP contribution is 2.36. The van der Waals surface area contributed by atoms with E-state index < -0.39 is 5.60 Å². The summed E-state index contributed by atoms with van der Waals surface area (Å²) < 4.78 is 6.41. The van der Waals surface area contributed by atoms with Gasteiger partial charge in [-0.1, -0.05) is 30.3 Å². The third kappa shape index (κ3) is 5.18. The number of ether oxygens (including phenoxy) is 1. The predicted octanol–water partition coefficient (Wildman–Crippen LogP) is 4.00. The number of benzene rings is 1. The van der Waals surface area contributed by atoms with Gasteiger partial charge < -0.3 is 14.7 Å². The number of rotatable bonds is 6. The van der Waals surface area contributed by atoms with E-state index in [1.807, 2.05) is 17.2 Å². The Labute approximate surface area is 185 Å². The molecular formula is C25H35N3O3. The number of nitrogens with one attached hydrogen (secondary N) is 1. The second-order valence-corrected chi connectivity index (χ2v) is 9.59. The summed E-state index contributed by atoms with van der Waals surface area (Å²) in [5, 5.41) is 17.7. The molecule has 1 saturated carbocycles. The lowest BCUT2D eigenvalue weighted by Gasteiger charge is -2.43. The highest BCUT2D eigenvalue weighted by atomic mass is 16.5. The second-order valence-electron chi connectivity index (χ2n) is 9.59. The van der Waals surface area contributed by atoms with E-state index in [1.165, 1.54) is 5.56 Å². The molecule has 1 aromatic heterocycles. The number of amides is 1. The molecule has 4 rings (SSSR count). The summed E-state index contributed by atoms with van der Waals surface area (Å²) in [6.45, 7) is 4.27. The molecule has 0 spiro atoms. The Bertz CT molecular complexity index is 823. The minimum Gasteiger partial charge on any atom is -0.381 e. The van der Waals surface area contributed by atoms with Crippen molar-refractivity contribution < 1.29 is 14.6 Å². The van der Waals surface area contributed by atoms with Crippen molar-refractivity contribution in [1.29, 1.82) is 0 Å². The van der Waals surface area contributed by atoms with E-state index in [0.717, 1.165) is 44.2 Å². The van der Waals surface area contributed by atoms with E-state index in [-0.39, 0.29) is 24.0 Å². The van der Waals surface area contributed by atoms with E-state index in [0.29, 0.717) is 19.1 Å². The van der Waals surface area contributed by atoms with Crippen molar-refractivity contribution in [2.45, 2.75) is 82.0 Å². The monoisotopic (exact) mass is 425 g/mol. The van der Waals surface area contributed by atoms with E-state index in [1.54, 1.807) is 13.8 Å². The molecule has 6 heteroatoms. The Morgan fingerprint density at radius 2 is 1.90 bits per heavy atom. The van der Waals surface area contributed by atoms with Crippen LogP contribution in [0.1, 0.15) is 75.5 Å². The van der Waals surface area contributed by atoms with Gasteiger partial charge in [-0.3, -0.25) is 9.89 Å². The highest BCUT2D eigenvalue weighted by Gasteiger charge is 2.41. The first-order chi connectivity index (χ1) is 14.9. The van der Waals surface area contributed by atoms with Crippen LogP contribution in [0.5, 0.6) is 0 Å². The molecule has 1 aromatic carbocycles. The van der Waals surface area contributed by atoms with E-state index in [9.17, 15) is 9.90 Å². The topological polar surface area (TPSA) is 78.5 Å². The highest BCUT2D eigenvalue weighted by molar-refractivity contribution is 5.84. The molecule has 2 N–H and O–H groups in total. The lowest BCUT2D eigenvalue weighted by molar-refractivity contribution is -0.155. The fourth-order valence-corrected chi connectivity index (χ4v) is 5.21. The molecule has 2 heterocycles. The molecule has 1 aliphatic carbocycles. The molecule has 1 amide bonds. The normalized spacial score (nSPS) is 27.3. The maximum atomic E-state index is 13.0. The van der Waals surface area contributed by atoms with Crippen LogP contribution in [0, 0.1) is 0 Å². The third-order valence-corrected chi connectivity index (χ3v) is 6.91. The lowest BCUT2D eigenvalue weighted by atomic mass is 9.82. The van der Waals surface area contributed by atoms with Gasteiger partial charge in [-0.05, 0) is 69.9 Å². The summed E-state index contributed by atoms with van der Waals surface area (Å²) in [5.74, 6) is 0.502. The van der Waals surface area contributed by atoms with Crippen molar-refractivity contribution in [3.63, 3.8) is 0 Å². The predicted molar refractivity (Wildman–Crippen MR) is 120 cm³/mol. The number of aromatic amines is 1. The first-order valence-corrected chi connectivity index (χ1v) is 11.6. The van der Waals surface area contributed by atoms with Crippen molar-refractivity contribution >= 4 is 5.91 Å². The van der Waals surface area contributed by atoms with Gasteiger partial charge in [-0.25, -0.2) is 0 Å². The summed E-state index contributed by atoms with van der Waals surface area (Å²) in [6, 6.07) is 12.6. The molecule has 2 aliphatic rings. The fraction of sp³-hybridized carbons (Fsp3) is 0.600. The Morgan fingerprint density at radius 1 is 1.16 bits per heavy atom. The molecule has 168 valence electrons. The number of nitrogens with zero attached hydrogens (tertiary/aromatic N) is 2. The first kappa shape index (κ1) is 22.0. The molecule has 0 bridgehead atoms. The van der Waals surface area contributed by atoms with Crippen molar-refractivity contribution in [3.05, 3.63) is 53.9 Å². The zero-order valence-electron chi connectivity index (χ0n) is 18.7. The number of piperidine rings is 1. The zero-order valence-corrected chi connectivity index (χ0v) is 18.7. The molecule has 1 aliphatic heterocycles. The van der Waals surface area contributed by atoms with Crippen molar-refractivity contribution in [1.82, 2.24) is 15.1 Å². The molecule has 2 fully saturated rings. The van der Waals surface area contributed by atoms with Crippen molar-refractivity contribution in [3.8, 4) is 0 Å². The minimum atomic E-state index is -1.39. The van der Waals surface area contributed by atoms with Crippen LogP contribution in [-0.2, 0) is 9.53 Å². The van der Waals surface area contributed by atoms with Crippen LogP contribution in [0.2, 0.25) is 0 Å². The average Bonchev–Trinajstić information content (AvgIpc) is 3.32. The van der Waals surface area contributed by atoms with Crippen LogP contribution < -0.4 is 0 Å². The van der Waals surface area contributed by atoms with Gasteiger partial charge in [0.1, 0.15) is 5.60 Å². The van der Waals surface area contributed by atoms with Gasteiger partial charge >= 0.3 is 0 Å². The molecule has 31 heavy (non-hydrogen) atoms. The third-order valence-electron chi connectivity index (χ3n) is 6.91. The van der Waals surface area contributed by atoms with Gasteiger partial charge in [0.2, 0.25) is 0 Å². The summed E-state index contributed by atoms with van der Waals surface area (Å²) in [5.41, 5.74) is 1.00. The summed E-state index contributed by atoms with van der Waals surface area (Å²) >= 11 is 0. The number of likely N-dealkylation sites (tertiary alicyclic amines) is 1. The number of carbonyl (C=O) groups excluding carboxylic acids is 1. The SMILES string of the molecule is CC(C)(O)C(=O)N1CCCC(c2cc[nH]n2)C1COC1CCC(c2ccccc2)CC1. The maximum absolute atomic E-state index is 13.0. The molecule has 2 aromatic rings. The smallest absolute Gasteiger partial charge is 0.254 e. The lowest BCUT2D eigenvalue weighted by Crippen LogP contribution is -2.56. The Balaban J connectivity index is 1.41. The van der Waals surface area contributed by atoms with Gasteiger partial charge in [0.25, 0.3) is 5.91 Å². The molecular weight excluding hydrogens is 390 g/mol. The molecule has 1 saturated heterocycles. The minimum absolute atomic E-state index is 0.108. The van der Waals surface area contributed by atoms with Crippen LogP contribution in [0.4, 0.5) is 0 Å². The molecule has 6 nitrogen and oxygen atoms in total. The standard InChI is InChI=1S/C25H35N3O3/c1-25(2,30)24(29)28-16-6-9-21(22-14-15-26-27-22)23(28)17-31-20-12-10-19(11-13-20)18-7-4-3-5-8-18/h3-5,7-8,14-15,19-21,23,30H,6,9-13,16-17H2,1-2H3,(H,26,27). The van der Waals surface area contributed by atoms with Crippen LogP contribution >= 0.6 is 0 Å². The summed E-state index contributed by atoms with van der Waals surface area (Å²) in [6.07, 6.45) is 8.27. The average molecular weight is 426 g/mol. The number of H-pyrrole nitrogens is 1. The zero-order chi connectivity index (χ0) is 21.8. The van der Waals surface area contributed by atoms with Crippen LogP contribution in [0.15, 0.2) is 42.6 Å². The number of hydrogen-bond acceptors (Lipinski definition) is 4. The van der Waals surface area contributed by atoms with Gasteiger partial charge in [-0.15, -0.1) is 0 Å². The number of aromatic nitrogens is 2. The summed E-state index contributed by atoms with van der Waals surface area (Å²) in [7, 11) is 0. The quantitative estimate of drug-likeness (QED) is 0.733. The van der Waals surface area contributed by atoms with Gasteiger partial charge in [0, 0.05) is 18.7 Å². The van der Waals surface area contributed by atoms with E-state index in [2.05, 4.69) is 40.5 Å². The Kier molecular flexibility index (Phi) is 6.77. The summed E-state index contributed by atoms with van der Waals surface area (Å²) in [4.78, 5) is 14.8. The fourth-order valence-electron chi connectivity index (χ4n) is 5.21. The molecule has 0 radical (unpaired) electrons. The Hall–Kier alpha value is -2.18. The van der Waals surface area contributed by atoms with Crippen LogP contribution in [0.25, 0.3) is 0 Å². The number of aliphatic hydroxyl groups is 1. The number of hydrogen-bond donors (Lipinski definition) is 2. The maximum Gasteiger partial charge on any atom is 0.254 e. The van der Waals surface area contributed by atoms with Gasteiger partial charge in [0.05, 0.1) is 24.4 Å². The van der Waals surface area contributed by atoms with Crippen molar-refractivity contribution in [2.75, 3.05) is 13.2 Å². The molecule has 2 unspecified atom stereocenters. The molecule has 2 atom stereocenters. The van der Waals surface area contributed by atoms with E-state index in [4.69, 9.17) is 4.74 Å². The van der Waals surface area contributed by atoms with Gasteiger partial charge in [0.15, 0.2) is 0 Å². The van der Waals surface area contributed by atoms with Crippen molar-refractivity contribution in [2.24, 2.45) is 0 Å². The number of carbonyl (C=O) groups is 1. The largest absolute Gasteiger partial charge is 0.381 e. The first-order valence-electron chi connectivity index (χ1n) is 11.6. The van der Waals surface area contributed by atoms with Crippen LogP contribution in [-0.4, -0.2) is 57.0 Å².